The molecule has 0 unspecified atom stereocenters. The van der Waals surface area contributed by atoms with Crippen LogP contribution in [0.1, 0.15) is 0 Å². The third kappa shape index (κ3) is 1.87. The molecule has 0 saturated heterocycles. The Hall–Kier alpha value is -2.63. The Labute approximate surface area is 107 Å². The highest BCUT2D eigenvalue weighted by molar-refractivity contribution is 5.63. The van der Waals surface area contributed by atoms with E-state index in [0.717, 1.165) is 21.9 Å². The van der Waals surface area contributed by atoms with E-state index in [-0.39, 0.29) is 5.65 Å². The summed E-state index contributed by atoms with van der Waals surface area (Å²) in [6.07, 6.45) is 2.50. The maximum atomic E-state index is 13.5. The van der Waals surface area contributed by atoms with E-state index in [1.165, 1.54) is 6.20 Å². The number of imidazole rings is 1. The summed E-state index contributed by atoms with van der Waals surface area (Å²) in [5, 5.41) is 0. The van der Waals surface area contributed by atoms with Crippen molar-refractivity contribution in [2.24, 2.45) is 0 Å². The lowest BCUT2D eigenvalue weighted by Crippen LogP contribution is -2.15. The quantitative estimate of drug-likeness (QED) is 0.764. The lowest BCUT2D eigenvalue weighted by molar-refractivity contribution is 0.415. The normalized spacial score (nSPS) is 10.8. The van der Waals surface area contributed by atoms with Gasteiger partial charge in [0.2, 0.25) is 0 Å². The molecule has 6 heteroatoms. The number of halogens is 1. The molecule has 19 heavy (non-hydrogen) atoms. The van der Waals surface area contributed by atoms with Crippen molar-refractivity contribution in [3.8, 4) is 17.0 Å². The number of rotatable bonds is 2. The van der Waals surface area contributed by atoms with Crippen LogP contribution in [0.15, 0.2) is 41.5 Å². The van der Waals surface area contributed by atoms with Crippen molar-refractivity contribution in [2.45, 2.75) is 0 Å². The Balaban J connectivity index is 2.17. The molecule has 0 fully saturated rings. The fourth-order valence-corrected chi connectivity index (χ4v) is 1.86. The number of nitrogens with one attached hydrogen (secondary N) is 1. The predicted molar refractivity (Wildman–Crippen MR) is 67.8 cm³/mol. The standard InChI is InChI=1S/C13H10FN3O2/c1-19-9-4-2-8(3-5-9)11-7-17-12(16-11)10(14)6-15-13(17)18/h2-7H,1H3,(H,15,18). The first-order chi connectivity index (χ1) is 9.19. The second-order valence-corrected chi connectivity index (χ2v) is 3.99. The van der Waals surface area contributed by atoms with Gasteiger partial charge in [0, 0.05) is 18.0 Å². The summed E-state index contributed by atoms with van der Waals surface area (Å²) in [6, 6.07) is 7.15. The molecule has 0 atom stereocenters. The molecule has 0 radical (unpaired) electrons. The number of aromatic amines is 1. The van der Waals surface area contributed by atoms with E-state index >= 15 is 0 Å². The predicted octanol–water partition coefficient (Wildman–Crippen LogP) is 1.84. The zero-order valence-electron chi connectivity index (χ0n) is 10.1. The molecule has 0 spiro atoms. The molecule has 2 heterocycles. The van der Waals surface area contributed by atoms with Crippen LogP contribution < -0.4 is 10.4 Å². The van der Waals surface area contributed by atoms with Gasteiger partial charge in [0.25, 0.3) is 0 Å². The molecule has 0 aliphatic heterocycles. The zero-order chi connectivity index (χ0) is 13.4. The van der Waals surface area contributed by atoms with Gasteiger partial charge in [-0.15, -0.1) is 0 Å². The Kier molecular flexibility index (Phi) is 2.56. The minimum Gasteiger partial charge on any atom is -0.497 e. The van der Waals surface area contributed by atoms with Crippen LogP contribution >= 0.6 is 0 Å². The third-order valence-corrected chi connectivity index (χ3v) is 2.85. The number of hydrogen-bond donors (Lipinski definition) is 1. The highest BCUT2D eigenvalue weighted by atomic mass is 19.1. The molecule has 0 saturated carbocycles. The van der Waals surface area contributed by atoms with Crippen molar-refractivity contribution in [1.29, 1.82) is 0 Å². The lowest BCUT2D eigenvalue weighted by atomic mass is 10.2. The Morgan fingerprint density at radius 3 is 2.68 bits per heavy atom. The van der Waals surface area contributed by atoms with Gasteiger partial charge in [-0.3, -0.25) is 0 Å². The molecule has 0 amide bonds. The summed E-state index contributed by atoms with van der Waals surface area (Å²) in [5.74, 6) is 0.149. The average Bonchev–Trinajstić information content (AvgIpc) is 2.89. The van der Waals surface area contributed by atoms with Crippen molar-refractivity contribution < 1.29 is 9.13 Å². The summed E-state index contributed by atoms with van der Waals surface area (Å²) < 4.78 is 19.7. The molecule has 3 aromatic rings. The topological polar surface area (TPSA) is 59.4 Å². The maximum absolute atomic E-state index is 13.5. The number of methoxy groups -OCH3 is 1. The first-order valence-electron chi connectivity index (χ1n) is 5.60. The van der Waals surface area contributed by atoms with Crippen LogP contribution in [0.2, 0.25) is 0 Å². The number of fused-ring (bicyclic) bond motifs is 1. The summed E-state index contributed by atoms with van der Waals surface area (Å²) in [7, 11) is 1.58. The van der Waals surface area contributed by atoms with E-state index in [1.54, 1.807) is 31.4 Å². The molecule has 1 aromatic carbocycles. The fraction of sp³-hybridized carbons (Fsp3) is 0.0769. The molecular formula is C13H10FN3O2. The fourth-order valence-electron chi connectivity index (χ4n) is 1.86. The summed E-state index contributed by atoms with van der Waals surface area (Å²) in [5.41, 5.74) is 0.889. The van der Waals surface area contributed by atoms with Crippen molar-refractivity contribution in [3.05, 3.63) is 53.0 Å². The molecule has 0 aliphatic rings. The van der Waals surface area contributed by atoms with Gasteiger partial charge in [-0.2, -0.15) is 0 Å². The minimum absolute atomic E-state index is 0.00886. The van der Waals surface area contributed by atoms with Crippen LogP contribution in [0.25, 0.3) is 16.9 Å². The van der Waals surface area contributed by atoms with Gasteiger partial charge in [-0.1, -0.05) is 0 Å². The van der Waals surface area contributed by atoms with Crippen molar-refractivity contribution in [1.82, 2.24) is 14.4 Å². The van der Waals surface area contributed by atoms with Crippen LogP contribution in [0, 0.1) is 5.82 Å². The second kappa shape index (κ2) is 4.24. The van der Waals surface area contributed by atoms with E-state index in [1.807, 2.05) is 0 Å². The van der Waals surface area contributed by atoms with Crippen molar-refractivity contribution in [2.75, 3.05) is 7.11 Å². The van der Waals surface area contributed by atoms with E-state index in [0.29, 0.717) is 5.69 Å². The van der Waals surface area contributed by atoms with E-state index in [2.05, 4.69) is 9.97 Å². The van der Waals surface area contributed by atoms with Gasteiger partial charge in [-0.05, 0) is 24.3 Å². The molecule has 96 valence electrons. The number of nitrogens with zero attached hydrogens (tertiary/aromatic N) is 2. The maximum Gasteiger partial charge on any atom is 0.331 e. The van der Waals surface area contributed by atoms with E-state index < -0.39 is 11.5 Å². The molecule has 5 nitrogen and oxygen atoms in total. The summed E-state index contributed by atoms with van der Waals surface area (Å²) in [6.45, 7) is 0. The number of H-pyrrole nitrogens is 1. The highest BCUT2D eigenvalue weighted by Crippen LogP contribution is 2.21. The van der Waals surface area contributed by atoms with E-state index in [9.17, 15) is 9.18 Å². The molecule has 3 rings (SSSR count). The zero-order valence-corrected chi connectivity index (χ0v) is 10.1. The first kappa shape index (κ1) is 11.5. The van der Waals surface area contributed by atoms with Gasteiger partial charge in [0.1, 0.15) is 5.75 Å². The highest BCUT2D eigenvalue weighted by Gasteiger charge is 2.10. The van der Waals surface area contributed by atoms with Gasteiger partial charge < -0.3 is 9.72 Å². The van der Waals surface area contributed by atoms with E-state index in [4.69, 9.17) is 4.74 Å². The van der Waals surface area contributed by atoms with Gasteiger partial charge in [0.15, 0.2) is 11.5 Å². The number of hydrogen-bond acceptors (Lipinski definition) is 3. The Morgan fingerprint density at radius 2 is 2.05 bits per heavy atom. The number of ether oxygens (including phenoxy) is 1. The van der Waals surface area contributed by atoms with Gasteiger partial charge in [-0.25, -0.2) is 18.6 Å². The summed E-state index contributed by atoms with van der Waals surface area (Å²) >= 11 is 0. The SMILES string of the molecule is COc1ccc(-c2cn3c(=O)[nH]cc(F)c3n2)cc1. The largest absolute Gasteiger partial charge is 0.497 e. The minimum atomic E-state index is -0.570. The Bertz CT molecular complexity index is 790. The lowest BCUT2D eigenvalue weighted by Gasteiger charge is -1.99. The summed E-state index contributed by atoms with van der Waals surface area (Å²) in [4.78, 5) is 18.0. The smallest absolute Gasteiger partial charge is 0.331 e. The van der Waals surface area contributed by atoms with Crippen LogP contribution in [-0.2, 0) is 0 Å². The first-order valence-corrected chi connectivity index (χ1v) is 5.60. The third-order valence-electron chi connectivity index (χ3n) is 2.85. The van der Waals surface area contributed by atoms with Gasteiger partial charge in [0.05, 0.1) is 12.8 Å². The van der Waals surface area contributed by atoms with Crippen LogP contribution in [0.4, 0.5) is 4.39 Å². The number of benzene rings is 1. The van der Waals surface area contributed by atoms with Crippen LogP contribution in [0.5, 0.6) is 5.75 Å². The molecule has 0 aliphatic carbocycles. The van der Waals surface area contributed by atoms with Crippen LogP contribution in [0.3, 0.4) is 0 Å². The monoisotopic (exact) mass is 259 g/mol. The van der Waals surface area contributed by atoms with Crippen molar-refractivity contribution in [3.63, 3.8) is 0 Å². The molecule has 0 bridgehead atoms. The second-order valence-electron chi connectivity index (χ2n) is 3.99. The average molecular weight is 259 g/mol. The van der Waals surface area contributed by atoms with Gasteiger partial charge >= 0.3 is 5.69 Å². The van der Waals surface area contributed by atoms with Crippen molar-refractivity contribution >= 4 is 5.65 Å². The Morgan fingerprint density at radius 1 is 1.32 bits per heavy atom. The number of aromatic nitrogens is 3. The molecule has 1 N–H and O–H groups in total. The molecular weight excluding hydrogens is 249 g/mol. The van der Waals surface area contributed by atoms with Crippen LogP contribution in [-0.4, -0.2) is 21.5 Å². The molecule has 2 aromatic heterocycles.